The van der Waals surface area contributed by atoms with Crippen molar-refractivity contribution in [3.05, 3.63) is 24.5 Å². The van der Waals surface area contributed by atoms with Gasteiger partial charge < -0.3 is 11.1 Å². The first kappa shape index (κ1) is 10.4. The lowest BCUT2D eigenvalue weighted by atomic mass is 10.1. The molecule has 88 valence electrons. The number of nitrogens with two attached hydrogens (primary N) is 1. The summed E-state index contributed by atoms with van der Waals surface area (Å²) in [5.74, 6) is 0.845. The normalized spacial score (nSPS) is 17.0. The van der Waals surface area contributed by atoms with Crippen LogP contribution >= 0.6 is 0 Å². The van der Waals surface area contributed by atoms with Crippen LogP contribution in [0.25, 0.3) is 11.2 Å². The minimum absolute atomic E-state index is 0.305. The van der Waals surface area contributed by atoms with E-state index < -0.39 is 0 Å². The van der Waals surface area contributed by atoms with Gasteiger partial charge in [-0.2, -0.15) is 0 Å². The van der Waals surface area contributed by atoms with Crippen LogP contribution < -0.4 is 11.1 Å². The van der Waals surface area contributed by atoms with E-state index in [0.29, 0.717) is 11.1 Å². The van der Waals surface area contributed by atoms with Crippen LogP contribution in [0.4, 0.5) is 5.82 Å². The highest BCUT2D eigenvalue weighted by Gasteiger charge is 2.40. The Morgan fingerprint density at radius 2 is 2.06 bits per heavy atom. The van der Waals surface area contributed by atoms with Crippen LogP contribution in [0.1, 0.15) is 12.8 Å². The molecular formula is C12H15N5. The van der Waals surface area contributed by atoms with E-state index in [4.69, 9.17) is 5.73 Å². The van der Waals surface area contributed by atoms with Crippen LogP contribution in [0.2, 0.25) is 0 Å². The molecule has 0 unspecified atom stereocenters. The van der Waals surface area contributed by atoms with E-state index in [1.165, 1.54) is 12.8 Å². The lowest BCUT2D eigenvalue weighted by Gasteiger charge is -2.13. The summed E-state index contributed by atoms with van der Waals surface area (Å²) in [7, 11) is 0. The summed E-state index contributed by atoms with van der Waals surface area (Å²) in [5, 5.41) is 3.33. The van der Waals surface area contributed by atoms with Gasteiger partial charge in [-0.1, -0.05) is 0 Å². The smallest absolute Gasteiger partial charge is 0.180 e. The number of pyridine rings is 1. The van der Waals surface area contributed by atoms with E-state index in [9.17, 15) is 0 Å². The van der Waals surface area contributed by atoms with Crippen molar-refractivity contribution in [3.8, 4) is 0 Å². The van der Waals surface area contributed by atoms with Crippen molar-refractivity contribution in [2.24, 2.45) is 11.1 Å². The monoisotopic (exact) mass is 229 g/mol. The van der Waals surface area contributed by atoms with E-state index in [2.05, 4.69) is 20.3 Å². The fraction of sp³-hybridized carbons (Fsp3) is 0.417. The minimum Gasteiger partial charge on any atom is -0.369 e. The van der Waals surface area contributed by atoms with Crippen LogP contribution in [0.15, 0.2) is 24.5 Å². The zero-order valence-corrected chi connectivity index (χ0v) is 9.56. The largest absolute Gasteiger partial charge is 0.369 e. The average Bonchev–Trinajstić information content (AvgIpc) is 3.17. The Kier molecular flexibility index (Phi) is 2.40. The zero-order chi connectivity index (χ0) is 11.7. The number of rotatable bonds is 4. The molecule has 1 saturated carbocycles. The Labute approximate surface area is 99.5 Å². The third-order valence-electron chi connectivity index (χ3n) is 3.37. The summed E-state index contributed by atoms with van der Waals surface area (Å²) in [6.07, 6.45) is 5.75. The number of nitrogens with one attached hydrogen (secondary N) is 1. The third kappa shape index (κ3) is 2.06. The molecule has 3 N–H and O–H groups in total. The van der Waals surface area contributed by atoms with Crippen molar-refractivity contribution >= 4 is 17.0 Å². The van der Waals surface area contributed by atoms with E-state index in [-0.39, 0.29) is 0 Å². The molecule has 2 aromatic heterocycles. The van der Waals surface area contributed by atoms with Gasteiger partial charge in [-0.3, -0.25) is 4.98 Å². The molecule has 1 fully saturated rings. The molecule has 0 radical (unpaired) electrons. The molecule has 0 bridgehead atoms. The molecular weight excluding hydrogens is 214 g/mol. The van der Waals surface area contributed by atoms with Crippen molar-refractivity contribution < 1.29 is 0 Å². The maximum atomic E-state index is 5.74. The summed E-state index contributed by atoms with van der Waals surface area (Å²) < 4.78 is 0. The number of nitrogens with zero attached hydrogens (tertiary/aromatic N) is 3. The van der Waals surface area contributed by atoms with Gasteiger partial charge in [0.2, 0.25) is 0 Å². The van der Waals surface area contributed by atoms with E-state index in [1.54, 1.807) is 12.4 Å². The molecule has 1 aliphatic rings. The minimum atomic E-state index is 0.305. The Balaban J connectivity index is 1.77. The summed E-state index contributed by atoms with van der Waals surface area (Å²) in [4.78, 5) is 12.8. The highest BCUT2D eigenvalue weighted by molar-refractivity contribution is 5.71. The molecule has 2 heterocycles. The third-order valence-corrected chi connectivity index (χ3v) is 3.37. The molecule has 2 aromatic rings. The second kappa shape index (κ2) is 3.92. The number of anilines is 1. The first-order valence-electron chi connectivity index (χ1n) is 5.83. The topological polar surface area (TPSA) is 76.7 Å². The molecule has 0 amide bonds. The summed E-state index contributed by atoms with van der Waals surface area (Å²) in [6, 6.07) is 3.86. The van der Waals surface area contributed by atoms with Gasteiger partial charge in [-0.15, -0.1) is 0 Å². The Morgan fingerprint density at radius 3 is 2.82 bits per heavy atom. The van der Waals surface area contributed by atoms with Gasteiger partial charge in [-0.05, 0) is 36.9 Å². The maximum Gasteiger partial charge on any atom is 0.180 e. The lowest BCUT2D eigenvalue weighted by Crippen LogP contribution is -2.24. The van der Waals surface area contributed by atoms with E-state index in [0.717, 1.165) is 24.4 Å². The average molecular weight is 229 g/mol. The number of aromatic nitrogens is 3. The molecule has 1 aliphatic carbocycles. The number of hydrogen-bond acceptors (Lipinski definition) is 5. The van der Waals surface area contributed by atoms with E-state index >= 15 is 0 Å². The molecule has 5 nitrogen and oxygen atoms in total. The quantitative estimate of drug-likeness (QED) is 0.823. The van der Waals surface area contributed by atoms with Crippen molar-refractivity contribution in [1.29, 1.82) is 0 Å². The van der Waals surface area contributed by atoms with Crippen LogP contribution in [-0.4, -0.2) is 28.0 Å². The standard InChI is InChI=1S/C12H15N5/c13-7-12(3-4-12)8-16-10-2-1-9-11(17-10)15-6-5-14-9/h1-2,5-6H,3-4,7-8,13H2,(H,15,16,17). The van der Waals surface area contributed by atoms with Gasteiger partial charge in [0.25, 0.3) is 0 Å². The Bertz CT molecular complexity index is 535. The predicted molar refractivity (Wildman–Crippen MR) is 66.5 cm³/mol. The second-order valence-corrected chi connectivity index (χ2v) is 4.65. The maximum absolute atomic E-state index is 5.74. The van der Waals surface area contributed by atoms with Gasteiger partial charge in [0.15, 0.2) is 5.65 Å². The van der Waals surface area contributed by atoms with Crippen LogP contribution in [0.5, 0.6) is 0 Å². The first-order valence-corrected chi connectivity index (χ1v) is 5.83. The molecule has 3 rings (SSSR count). The number of fused-ring (bicyclic) bond motifs is 1. The lowest BCUT2D eigenvalue weighted by molar-refractivity contribution is 0.555. The van der Waals surface area contributed by atoms with Crippen molar-refractivity contribution in [2.45, 2.75) is 12.8 Å². The second-order valence-electron chi connectivity index (χ2n) is 4.65. The van der Waals surface area contributed by atoms with Crippen LogP contribution in [0, 0.1) is 5.41 Å². The predicted octanol–water partition coefficient (Wildman–Crippen LogP) is 1.18. The molecule has 17 heavy (non-hydrogen) atoms. The first-order chi connectivity index (χ1) is 8.31. The Hall–Kier alpha value is -1.75. The van der Waals surface area contributed by atoms with Crippen LogP contribution in [0.3, 0.4) is 0 Å². The van der Waals surface area contributed by atoms with Gasteiger partial charge in [0, 0.05) is 18.9 Å². The fourth-order valence-corrected chi connectivity index (χ4v) is 1.86. The van der Waals surface area contributed by atoms with Crippen molar-refractivity contribution in [1.82, 2.24) is 15.0 Å². The molecule has 0 saturated heterocycles. The van der Waals surface area contributed by atoms with Crippen molar-refractivity contribution in [2.75, 3.05) is 18.4 Å². The van der Waals surface area contributed by atoms with Gasteiger partial charge in [0.1, 0.15) is 11.3 Å². The Morgan fingerprint density at radius 1 is 1.24 bits per heavy atom. The van der Waals surface area contributed by atoms with Gasteiger partial charge in [-0.25, -0.2) is 9.97 Å². The molecule has 0 aromatic carbocycles. The molecule has 0 aliphatic heterocycles. The van der Waals surface area contributed by atoms with Crippen LogP contribution in [-0.2, 0) is 0 Å². The summed E-state index contributed by atoms with van der Waals surface area (Å²) in [5.41, 5.74) is 7.54. The molecule has 0 spiro atoms. The summed E-state index contributed by atoms with van der Waals surface area (Å²) in [6.45, 7) is 1.63. The van der Waals surface area contributed by atoms with Gasteiger partial charge in [0.05, 0.1) is 0 Å². The fourth-order valence-electron chi connectivity index (χ4n) is 1.86. The van der Waals surface area contributed by atoms with Crippen molar-refractivity contribution in [3.63, 3.8) is 0 Å². The highest BCUT2D eigenvalue weighted by Crippen LogP contribution is 2.44. The highest BCUT2D eigenvalue weighted by atomic mass is 15.0. The van der Waals surface area contributed by atoms with Gasteiger partial charge >= 0.3 is 0 Å². The molecule has 0 atom stereocenters. The SMILES string of the molecule is NCC1(CNc2ccc3nccnc3n2)CC1. The number of hydrogen-bond donors (Lipinski definition) is 2. The summed E-state index contributed by atoms with van der Waals surface area (Å²) >= 11 is 0. The zero-order valence-electron chi connectivity index (χ0n) is 9.56. The van der Waals surface area contributed by atoms with E-state index in [1.807, 2.05) is 12.1 Å². The molecule has 5 heteroatoms.